The lowest BCUT2D eigenvalue weighted by Gasteiger charge is -2.24. The van der Waals surface area contributed by atoms with Crippen LogP contribution in [-0.4, -0.2) is 32.6 Å². The number of rotatable bonds is 5. The Morgan fingerprint density at radius 1 is 1.24 bits per heavy atom. The molecule has 3 aromatic heterocycles. The third kappa shape index (κ3) is 3.78. The van der Waals surface area contributed by atoms with Gasteiger partial charge in [-0.25, -0.2) is 0 Å². The molecule has 0 radical (unpaired) electrons. The van der Waals surface area contributed by atoms with Gasteiger partial charge < -0.3 is 4.90 Å². The fourth-order valence-corrected chi connectivity index (χ4v) is 4.67. The van der Waals surface area contributed by atoms with Gasteiger partial charge in [-0.2, -0.15) is 5.10 Å². The van der Waals surface area contributed by atoms with Gasteiger partial charge in [0.1, 0.15) is 4.83 Å². The van der Waals surface area contributed by atoms with Crippen molar-refractivity contribution in [1.29, 1.82) is 0 Å². The van der Waals surface area contributed by atoms with E-state index in [1.807, 2.05) is 68.0 Å². The van der Waals surface area contributed by atoms with Crippen molar-refractivity contribution in [3.8, 4) is 0 Å². The minimum absolute atomic E-state index is 0.000735. The predicted octanol–water partition coefficient (Wildman–Crippen LogP) is 5.34. The van der Waals surface area contributed by atoms with Crippen molar-refractivity contribution in [2.45, 2.75) is 26.4 Å². The maximum Gasteiger partial charge on any atom is 0.264 e. The molecule has 7 heteroatoms. The average Bonchev–Trinajstić information content (AvgIpc) is 3.30. The van der Waals surface area contributed by atoms with E-state index in [1.165, 1.54) is 11.3 Å². The molecular formula is C22H21ClN4OS. The molecule has 0 spiro atoms. The highest BCUT2D eigenvalue weighted by atomic mass is 35.5. The van der Waals surface area contributed by atoms with Crippen LogP contribution in [-0.2, 0) is 6.54 Å². The van der Waals surface area contributed by atoms with E-state index in [0.29, 0.717) is 16.4 Å². The Labute approximate surface area is 178 Å². The van der Waals surface area contributed by atoms with Crippen LogP contribution in [0.15, 0.2) is 54.9 Å². The molecule has 0 bridgehead atoms. The van der Waals surface area contributed by atoms with Crippen LogP contribution in [0.1, 0.15) is 39.5 Å². The standard InChI is InChI=1S/C22H21ClN4OS/c1-14-18-12-20(21(28)26(3)15(2)16-8-10-24-11-9-16)29-22(18)27(25-14)13-17-6-4-5-7-19(17)23/h4-12,15H,13H2,1-3H3. The molecule has 4 aromatic rings. The van der Waals surface area contributed by atoms with Gasteiger partial charge >= 0.3 is 0 Å². The maximum atomic E-state index is 13.1. The third-order valence-corrected chi connectivity index (χ3v) is 6.69. The minimum Gasteiger partial charge on any atom is -0.334 e. The first kappa shape index (κ1) is 19.6. The highest BCUT2D eigenvalue weighted by Crippen LogP contribution is 2.31. The summed E-state index contributed by atoms with van der Waals surface area (Å²) in [4.78, 5) is 20.6. The molecule has 3 heterocycles. The summed E-state index contributed by atoms with van der Waals surface area (Å²) in [5.41, 5.74) is 2.97. The topological polar surface area (TPSA) is 51.0 Å². The number of thiophene rings is 1. The number of nitrogens with zero attached hydrogens (tertiary/aromatic N) is 4. The normalized spacial score (nSPS) is 12.3. The van der Waals surface area contributed by atoms with Crippen LogP contribution in [0.4, 0.5) is 0 Å². The first-order chi connectivity index (χ1) is 14.0. The molecule has 0 aliphatic heterocycles. The van der Waals surface area contributed by atoms with Gasteiger partial charge in [-0.05, 0) is 49.2 Å². The fourth-order valence-electron chi connectivity index (χ4n) is 3.33. The Bertz CT molecular complexity index is 1170. The number of hydrogen-bond donors (Lipinski definition) is 0. The summed E-state index contributed by atoms with van der Waals surface area (Å²) in [6, 6.07) is 13.5. The average molecular weight is 425 g/mol. The summed E-state index contributed by atoms with van der Waals surface area (Å²) in [5, 5.41) is 6.38. The smallest absolute Gasteiger partial charge is 0.264 e. The zero-order chi connectivity index (χ0) is 20.5. The molecule has 1 unspecified atom stereocenters. The zero-order valence-electron chi connectivity index (χ0n) is 16.5. The quantitative estimate of drug-likeness (QED) is 0.434. The van der Waals surface area contributed by atoms with E-state index >= 15 is 0 Å². The first-order valence-electron chi connectivity index (χ1n) is 9.33. The maximum absolute atomic E-state index is 13.1. The van der Waals surface area contributed by atoms with E-state index in [4.69, 9.17) is 11.6 Å². The SMILES string of the molecule is Cc1nn(Cc2ccccc2Cl)c2sc(C(=O)N(C)C(C)c3ccncc3)cc12. The third-order valence-electron chi connectivity index (χ3n) is 5.19. The molecule has 29 heavy (non-hydrogen) atoms. The van der Waals surface area contributed by atoms with Crippen molar-refractivity contribution in [2.24, 2.45) is 0 Å². The van der Waals surface area contributed by atoms with Gasteiger partial charge in [0, 0.05) is 29.9 Å². The van der Waals surface area contributed by atoms with E-state index in [2.05, 4.69) is 10.1 Å². The molecule has 0 saturated carbocycles. The van der Waals surface area contributed by atoms with Gasteiger partial charge in [-0.1, -0.05) is 29.8 Å². The highest BCUT2D eigenvalue weighted by Gasteiger charge is 2.23. The number of aromatic nitrogens is 3. The summed E-state index contributed by atoms with van der Waals surface area (Å²) >= 11 is 7.79. The van der Waals surface area contributed by atoms with E-state index in [9.17, 15) is 4.79 Å². The van der Waals surface area contributed by atoms with Crippen LogP contribution in [0.5, 0.6) is 0 Å². The van der Waals surface area contributed by atoms with Crippen molar-refractivity contribution in [3.63, 3.8) is 0 Å². The molecule has 0 N–H and O–H groups in total. The Morgan fingerprint density at radius 3 is 2.69 bits per heavy atom. The summed E-state index contributed by atoms with van der Waals surface area (Å²) in [7, 11) is 1.83. The lowest BCUT2D eigenvalue weighted by atomic mass is 10.1. The predicted molar refractivity (Wildman–Crippen MR) is 118 cm³/mol. The van der Waals surface area contributed by atoms with Crippen LogP contribution < -0.4 is 0 Å². The van der Waals surface area contributed by atoms with Crippen molar-refractivity contribution >= 4 is 39.1 Å². The highest BCUT2D eigenvalue weighted by molar-refractivity contribution is 7.20. The van der Waals surface area contributed by atoms with E-state index in [0.717, 1.165) is 27.0 Å². The van der Waals surface area contributed by atoms with E-state index < -0.39 is 0 Å². The summed E-state index contributed by atoms with van der Waals surface area (Å²) in [6.07, 6.45) is 3.49. The summed E-state index contributed by atoms with van der Waals surface area (Å²) in [5.74, 6) is -0.000735. The van der Waals surface area contributed by atoms with Gasteiger partial charge in [0.05, 0.1) is 23.2 Å². The number of fused-ring (bicyclic) bond motifs is 1. The molecule has 5 nitrogen and oxygen atoms in total. The molecule has 1 aromatic carbocycles. The number of benzene rings is 1. The number of carbonyl (C=O) groups is 1. The lowest BCUT2D eigenvalue weighted by Crippen LogP contribution is -2.29. The second kappa shape index (κ2) is 7.97. The number of hydrogen-bond acceptors (Lipinski definition) is 4. The Kier molecular flexibility index (Phi) is 5.39. The van der Waals surface area contributed by atoms with Gasteiger partial charge in [0.25, 0.3) is 5.91 Å². The zero-order valence-corrected chi connectivity index (χ0v) is 18.0. The molecule has 1 amide bonds. The van der Waals surface area contributed by atoms with E-state index in [1.54, 1.807) is 17.3 Å². The molecule has 148 valence electrons. The molecule has 0 aliphatic carbocycles. The second-order valence-electron chi connectivity index (χ2n) is 7.04. The van der Waals surface area contributed by atoms with Crippen molar-refractivity contribution < 1.29 is 4.79 Å². The van der Waals surface area contributed by atoms with Crippen molar-refractivity contribution in [2.75, 3.05) is 7.05 Å². The first-order valence-corrected chi connectivity index (χ1v) is 10.5. The number of aryl methyl sites for hydroxylation is 1. The van der Waals surface area contributed by atoms with Crippen LogP contribution in [0.3, 0.4) is 0 Å². The molecule has 4 rings (SSSR count). The minimum atomic E-state index is -0.0450. The van der Waals surface area contributed by atoms with E-state index in [-0.39, 0.29) is 11.9 Å². The molecule has 0 saturated heterocycles. The Morgan fingerprint density at radius 2 is 1.97 bits per heavy atom. The molecule has 0 fully saturated rings. The second-order valence-corrected chi connectivity index (χ2v) is 8.47. The number of pyridine rings is 1. The van der Waals surface area contributed by atoms with Gasteiger partial charge in [0.15, 0.2) is 0 Å². The molecular weight excluding hydrogens is 404 g/mol. The summed E-state index contributed by atoms with van der Waals surface area (Å²) < 4.78 is 1.93. The number of amides is 1. The van der Waals surface area contributed by atoms with Crippen LogP contribution in [0.25, 0.3) is 10.2 Å². The van der Waals surface area contributed by atoms with Crippen LogP contribution in [0, 0.1) is 6.92 Å². The van der Waals surface area contributed by atoms with Gasteiger partial charge in [-0.15, -0.1) is 11.3 Å². The summed E-state index contributed by atoms with van der Waals surface area (Å²) in [6.45, 7) is 4.56. The number of carbonyl (C=O) groups excluding carboxylic acids is 1. The lowest BCUT2D eigenvalue weighted by molar-refractivity contribution is 0.0747. The number of halogens is 1. The monoisotopic (exact) mass is 424 g/mol. The largest absolute Gasteiger partial charge is 0.334 e. The Balaban J connectivity index is 1.64. The van der Waals surface area contributed by atoms with Gasteiger partial charge in [0.2, 0.25) is 0 Å². The Hall–Kier alpha value is -2.70. The van der Waals surface area contributed by atoms with Crippen LogP contribution >= 0.6 is 22.9 Å². The fraction of sp³-hybridized carbons (Fsp3) is 0.227. The van der Waals surface area contributed by atoms with Gasteiger partial charge in [-0.3, -0.25) is 14.5 Å². The van der Waals surface area contributed by atoms with Crippen molar-refractivity contribution in [3.05, 3.63) is 81.6 Å². The van der Waals surface area contributed by atoms with Crippen molar-refractivity contribution in [1.82, 2.24) is 19.7 Å². The molecule has 0 aliphatic rings. The van der Waals surface area contributed by atoms with Crippen LogP contribution in [0.2, 0.25) is 5.02 Å². The molecule has 1 atom stereocenters.